The molecule has 0 spiro atoms. The Bertz CT molecular complexity index is 648. The van der Waals surface area contributed by atoms with E-state index in [1.54, 1.807) is 23.9 Å². The first-order valence-corrected chi connectivity index (χ1v) is 7.33. The molecule has 0 saturated heterocycles. The fourth-order valence-corrected chi connectivity index (χ4v) is 3.27. The average Bonchev–Trinajstić information content (AvgIpc) is 2.89. The van der Waals surface area contributed by atoms with Crippen LogP contribution in [-0.4, -0.2) is 17.0 Å². The monoisotopic (exact) mass is 295 g/mol. The maximum Gasteiger partial charge on any atom is 0.164 e. The zero-order chi connectivity index (χ0) is 13.4. The highest BCUT2D eigenvalue weighted by Crippen LogP contribution is 2.35. The van der Waals surface area contributed by atoms with Crippen LogP contribution in [0.25, 0.3) is 11.4 Å². The number of fused-ring (bicyclic) bond motifs is 1. The molecule has 0 unspecified atom stereocenters. The van der Waals surface area contributed by atoms with Crippen LogP contribution in [0.5, 0.6) is 0 Å². The van der Waals surface area contributed by atoms with E-state index in [0.717, 1.165) is 28.6 Å². The number of hydrogen-bond acceptors (Lipinski definition) is 4. The normalized spacial score (nSPS) is 13.4. The largest absolute Gasteiger partial charge is 0.373 e. The van der Waals surface area contributed by atoms with Gasteiger partial charge < -0.3 is 5.32 Å². The summed E-state index contributed by atoms with van der Waals surface area (Å²) in [5.74, 6) is 2.40. The summed E-state index contributed by atoms with van der Waals surface area (Å²) in [6.45, 7) is 0. The van der Waals surface area contributed by atoms with Crippen molar-refractivity contribution in [1.29, 1.82) is 0 Å². The van der Waals surface area contributed by atoms with E-state index in [1.165, 1.54) is 6.07 Å². The van der Waals surface area contributed by atoms with Gasteiger partial charge in [-0.1, -0.05) is 17.7 Å². The van der Waals surface area contributed by atoms with E-state index >= 15 is 0 Å². The number of halogens is 2. The quantitative estimate of drug-likeness (QED) is 0.916. The highest BCUT2D eigenvalue weighted by atomic mass is 35.5. The SMILES string of the molecule is CNc1nc(-c2cccc(Cl)c2F)nc2c1CSC2. The Morgan fingerprint density at radius 2 is 2.16 bits per heavy atom. The second kappa shape index (κ2) is 4.98. The van der Waals surface area contributed by atoms with Crippen molar-refractivity contribution in [2.24, 2.45) is 0 Å². The van der Waals surface area contributed by atoms with Gasteiger partial charge in [-0.3, -0.25) is 0 Å². The van der Waals surface area contributed by atoms with Gasteiger partial charge in [-0.05, 0) is 12.1 Å². The van der Waals surface area contributed by atoms with Gasteiger partial charge in [0.25, 0.3) is 0 Å². The fourth-order valence-electron chi connectivity index (χ4n) is 2.05. The number of hydrogen-bond donors (Lipinski definition) is 1. The van der Waals surface area contributed by atoms with Gasteiger partial charge >= 0.3 is 0 Å². The molecule has 2 aromatic rings. The molecule has 1 N–H and O–H groups in total. The van der Waals surface area contributed by atoms with Crippen molar-refractivity contribution in [2.75, 3.05) is 12.4 Å². The first kappa shape index (κ1) is 12.7. The van der Waals surface area contributed by atoms with Crippen molar-refractivity contribution in [3.05, 3.63) is 40.3 Å². The Morgan fingerprint density at radius 3 is 2.95 bits per heavy atom. The van der Waals surface area contributed by atoms with Gasteiger partial charge in [-0.25, -0.2) is 14.4 Å². The lowest BCUT2D eigenvalue weighted by molar-refractivity contribution is 0.630. The Balaban J connectivity index is 2.18. The van der Waals surface area contributed by atoms with Crippen LogP contribution in [0, 0.1) is 5.82 Å². The first-order chi connectivity index (χ1) is 9.20. The molecule has 6 heteroatoms. The van der Waals surface area contributed by atoms with Gasteiger partial charge in [0.05, 0.1) is 16.3 Å². The molecule has 1 aromatic heterocycles. The standard InChI is InChI=1S/C13H11ClFN3S/c1-16-12-8-5-19-6-10(8)17-13(18-12)7-3-2-4-9(14)11(7)15/h2-4H,5-6H2,1H3,(H,16,17,18). The summed E-state index contributed by atoms with van der Waals surface area (Å²) in [5, 5.41) is 3.14. The zero-order valence-corrected chi connectivity index (χ0v) is 11.8. The topological polar surface area (TPSA) is 37.8 Å². The third kappa shape index (κ3) is 2.17. The number of aromatic nitrogens is 2. The summed E-state index contributed by atoms with van der Waals surface area (Å²) in [6, 6.07) is 4.86. The minimum Gasteiger partial charge on any atom is -0.373 e. The second-order valence-corrected chi connectivity index (χ2v) is 5.56. The van der Waals surface area contributed by atoms with Crippen LogP contribution in [-0.2, 0) is 11.5 Å². The van der Waals surface area contributed by atoms with Gasteiger partial charge in [-0.15, -0.1) is 0 Å². The molecular weight excluding hydrogens is 285 g/mol. The summed E-state index contributed by atoms with van der Waals surface area (Å²) in [7, 11) is 1.81. The molecular formula is C13H11ClFN3S. The number of thioether (sulfide) groups is 1. The highest BCUT2D eigenvalue weighted by Gasteiger charge is 2.21. The van der Waals surface area contributed by atoms with Gasteiger partial charge in [0.15, 0.2) is 11.6 Å². The van der Waals surface area contributed by atoms with E-state index in [4.69, 9.17) is 11.6 Å². The molecule has 3 rings (SSSR count). The van der Waals surface area contributed by atoms with Crippen molar-refractivity contribution < 1.29 is 4.39 Å². The van der Waals surface area contributed by atoms with Crippen LogP contribution >= 0.6 is 23.4 Å². The van der Waals surface area contributed by atoms with Crippen LogP contribution in [0.1, 0.15) is 11.3 Å². The summed E-state index contributed by atoms with van der Waals surface area (Å²) in [6.07, 6.45) is 0. The molecule has 0 aliphatic carbocycles. The molecule has 1 aliphatic heterocycles. The van der Waals surface area contributed by atoms with E-state index in [1.807, 2.05) is 7.05 Å². The number of anilines is 1. The molecule has 0 fully saturated rings. The van der Waals surface area contributed by atoms with E-state index in [-0.39, 0.29) is 5.02 Å². The van der Waals surface area contributed by atoms with Crippen LogP contribution in [0.3, 0.4) is 0 Å². The van der Waals surface area contributed by atoms with Crippen LogP contribution in [0.15, 0.2) is 18.2 Å². The van der Waals surface area contributed by atoms with Crippen molar-refractivity contribution in [3.63, 3.8) is 0 Å². The molecule has 3 nitrogen and oxygen atoms in total. The van der Waals surface area contributed by atoms with E-state index < -0.39 is 5.82 Å². The summed E-state index contributed by atoms with van der Waals surface area (Å²) in [5.41, 5.74) is 2.42. The Morgan fingerprint density at radius 1 is 1.32 bits per heavy atom. The lowest BCUT2D eigenvalue weighted by Crippen LogP contribution is -2.04. The number of benzene rings is 1. The average molecular weight is 296 g/mol. The van der Waals surface area contributed by atoms with E-state index in [0.29, 0.717) is 11.4 Å². The molecule has 2 heterocycles. The predicted octanol–water partition coefficient (Wildman–Crippen LogP) is 3.72. The Hall–Kier alpha value is -1.33. The zero-order valence-electron chi connectivity index (χ0n) is 10.2. The Labute approximate surface area is 119 Å². The minimum atomic E-state index is -0.475. The lowest BCUT2D eigenvalue weighted by Gasteiger charge is -2.10. The third-order valence-electron chi connectivity index (χ3n) is 3.01. The Kier molecular flexibility index (Phi) is 3.33. The molecule has 0 radical (unpaired) electrons. The molecule has 98 valence electrons. The lowest BCUT2D eigenvalue weighted by atomic mass is 10.1. The highest BCUT2D eigenvalue weighted by molar-refractivity contribution is 7.98. The maximum absolute atomic E-state index is 14.0. The smallest absolute Gasteiger partial charge is 0.164 e. The second-order valence-electron chi connectivity index (χ2n) is 4.17. The van der Waals surface area contributed by atoms with E-state index in [2.05, 4.69) is 15.3 Å². The summed E-state index contributed by atoms with van der Waals surface area (Å²) >= 11 is 7.59. The molecule has 0 atom stereocenters. The maximum atomic E-state index is 14.0. The predicted molar refractivity (Wildman–Crippen MR) is 77.0 cm³/mol. The van der Waals surface area contributed by atoms with Crippen molar-refractivity contribution in [1.82, 2.24) is 9.97 Å². The molecule has 0 amide bonds. The molecule has 1 aliphatic rings. The van der Waals surface area contributed by atoms with Gasteiger partial charge in [0.2, 0.25) is 0 Å². The molecule has 19 heavy (non-hydrogen) atoms. The first-order valence-electron chi connectivity index (χ1n) is 5.80. The third-order valence-corrected chi connectivity index (χ3v) is 4.27. The number of nitrogens with one attached hydrogen (secondary N) is 1. The fraction of sp³-hybridized carbons (Fsp3) is 0.231. The molecule has 0 saturated carbocycles. The van der Waals surface area contributed by atoms with Crippen LogP contribution in [0.2, 0.25) is 5.02 Å². The van der Waals surface area contributed by atoms with Gasteiger partial charge in [0, 0.05) is 24.1 Å². The van der Waals surface area contributed by atoms with Crippen molar-refractivity contribution >= 4 is 29.2 Å². The number of nitrogens with zero attached hydrogens (tertiary/aromatic N) is 2. The minimum absolute atomic E-state index is 0.0852. The molecule has 1 aromatic carbocycles. The van der Waals surface area contributed by atoms with Crippen molar-refractivity contribution in [3.8, 4) is 11.4 Å². The van der Waals surface area contributed by atoms with E-state index in [9.17, 15) is 4.39 Å². The van der Waals surface area contributed by atoms with Gasteiger partial charge in [0.1, 0.15) is 5.82 Å². The number of rotatable bonds is 2. The van der Waals surface area contributed by atoms with Crippen LogP contribution < -0.4 is 5.32 Å². The van der Waals surface area contributed by atoms with Gasteiger partial charge in [-0.2, -0.15) is 11.8 Å². The summed E-state index contributed by atoms with van der Waals surface area (Å²) < 4.78 is 14.0. The van der Waals surface area contributed by atoms with Crippen LogP contribution in [0.4, 0.5) is 10.2 Å². The molecule has 0 bridgehead atoms. The van der Waals surface area contributed by atoms with Crippen molar-refractivity contribution in [2.45, 2.75) is 11.5 Å². The summed E-state index contributed by atoms with van der Waals surface area (Å²) in [4.78, 5) is 8.86.